The molecule has 41 heavy (non-hydrogen) atoms. The summed E-state index contributed by atoms with van der Waals surface area (Å²) in [5.74, 6) is -0.184. The zero-order valence-corrected chi connectivity index (χ0v) is 24.6. The van der Waals surface area contributed by atoms with Gasteiger partial charge in [0.15, 0.2) is 0 Å². The Morgan fingerprint density at radius 1 is 1.00 bits per heavy atom. The summed E-state index contributed by atoms with van der Waals surface area (Å²) in [5.41, 5.74) is 1.27. The molecule has 3 N–H and O–H groups in total. The van der Waals surface area contributed by atoms with E-state index in [1.165, 1.54) is 0 Å². The van der Waals surface area contributed by atoms with Crippen LogP contribution < -0.4 is 20.1 Å². The molecule has 2 aromatic carbocycles. The maximum atomic E-state index is 14.2. The van der Waals surface area contributed by atoms with E-state index in [-0.39, 0.29) is 35.5 Å². The Balaban J connectivity index is 1.42. The number of hydrogen-bond acceptors (Lipinski definition) is 7. The van der Waals surface area contributed by atoms with E-state index in [1.807, 2.05) is 19.1 Å². The number of aliphatic hydroxyl groups is 1. The van der Waals surface area contributed by atoms with Crippen molar-refractivity contribution in [1.29, 1.82) is 0 Å². The maximum Gasteiger partial charge on any atom is 0.248 e. The van der Waals surface area contributed by atoms with Crippen molar-refractivity contribution in [2.45, 2.75) is 55.6 Å². The third-order valence-corrected chi connectivity index (χ3v) is 10.7. The topological polar surface area (TPSA) is 117 Å². The van der Waals surface area contributed by atoms with Gasteiger partial charge in [0.2, 0.25) is 17.7 Å². The van der Waals surface area contributed by atoms with Gasteiger partial charge in [0.05, 0.1) is 30.3 Å². The van der Waals surface area contributed by atoms with Crippen molar-refractivity contribution < 1.29 is 29.0 Å². The van der Waals surface area contributed by atoms with Gasteiger partial charge in [-0.05, 0) is 87.1 Å². The minimum atomic E-state index is -0.704. The average molecular weight is 582 g/mol. The van der Waals surface area contributed by atoms with Crippen molar-refractivity contribution in [3.8, 4) is 11.5 Å². The molecular weight excluding hydrogens is 542 g/mol. The van der Waals surface area contributed by atoms with Gasteiger partial charge in [-0.1, -0.05) is 6.92 Å². The molecule has 9 nitrogen and oxygen atoms in total. The molecule has 0 aliphatic carbocycles. The van der Waals surface area contributed by atoms with Crippen LogP contribution in [-0.4, -0.2) is 70.6 Å². The molecule has 0 radical (unpaired) electrons. The molecule has 3 amide bonds. The van der Waals surface area contributed by atoms with Crippen molar-refractivity contribution in [3.63, 3.8) is 0 Å². The van der Waals surface area contributed by atoms with Crippen molar-refractivity contribution in [2.24, 2.45) is 17.8 Å². The van der Waals surface area contributed by atoms with Crippen LogP contribution in [0.4, 0.5) is 11.4 Å². The zero-order valence-electron chi connectivity index (χ0n) is 23.8. The Kier molecular flexibility index (Phi) is 8.79. The maximum absolute atomic E-state index is 14.2. The minimum absolute atomic E-state index is 0.0468. The molecule has 0 aromatic heterocycles. The van der Waals surface area contributed by atoms with Crippen LogP contribution in [0.1, 0.15) is 39.5 Å². The Labute approximate surface area is 245 Å². The van der Waals surface area contributed by atoms with E-state index in [0.29, 0.717) is 43.1 Å². The number of rotatable bonds is 12. The Hall–Kier alpha value is -3.24. The summed E-state index contributed by atoms with van der Waals surface area (Å²) in [7, 11) is 1.59. The number of ether oxygens (including phenoxy) is 2. The van der Waals surface area contributed by atoms with Gasteiger partial charge in [-0.15, -0.1) is 11.8 Å². The Morgan fingerprint density at radius 2 is 1.63 bits per heavy atom. The van der Waals surface area contributed by atoms with Crippen molar-refractivity contribution in [3.05, 3.63) is 48.5 Å². The number of nitrogens with one attached hydrogen (secondary N) is 2. The van der Waals surface area contributed by atoms with E-state index in [9.17, 15) is 19.5 Å². The minimum Gasteiger partial charge on any atom is -0.497 e. The van der Waals surface area contributed by atoms with Gasteiger partial charge in [0.25, 0.3) is 0 Å². The number of anilines is 2. The molecular formula is C31H39N3O6S. The van der Waals surface area contributed by atoms with Crippen LogP contribution in [0.5, 0.6) is 11.5 Å². The molecule has 5 rings (SSSR count). The van der Waals surface area contributed by atoms with Crippen LogP contribution in [0, 0.1) is 17.8 Å². The molecule has 3 aliphatic rings. The number of hydrogen-bond donors (Lipinski definition) is 3. The quantitative estimate of drug-likeness (QED) is 0.322. The standard InChI is InChI=1S/C31H39N3O6S/c1-4-40-23-14-10-20(11-15-23)32-28(36)25-24-18-19(2)31(41-24)26(25)30(38)34(16-6-5-7-17-35)27(31)29(37)33-21-8-12-22(39-3)13-9-21/h8-15,19,24-27,35H,4-7,16-18H2,1-3H3,(H,32,36)(H,33,37)/t19?,24-,25+,26+,27?,31?/m1/s1. The lowest BCUT2D eigenvalue weighted by atomic mass is 9.66. The Bertz CT molecular complexity index is 1260. The molecule has 10 heteroatoms. The van der Waals surface area contributed by atoms with E-state index in [4.69, 9.17) is 9.47 Å². The van der Waals surface area contributed by atoms with Crippen molar-refractivity contribution in [1.82, 2.24) is 4.90 Å². The molecule has 3 heterocycles. The second-order valence-corrected chi connectivity index (χ2v) is 12.6. The molecule has 3 saturated heterocycles. The number of aliphatic hydroxyl groups excluding tert-OH is 1. The molecule has 220 valence electrons. The highest BCUT2D eigenvalue weighted by molar-refractivity contribution is 8.02. The highest BCUT2D eigenvalue weighted by Crippen LogP contribution is 2.68. The summed E-state index contributed by atoms with van der Waals surface area (Å²) in [6.45, 7) is 5.07. The number of benzene rings is 2. The summed E-state index contributed by atoms with van der Waals surface area (Å²) in [5, 5.41) is 15.3. The number of amides is 3. The Morgan fingerprint density at radius 3 is 2.24 bits per heavy atom. The van der Waals surface area contributed by atoms with Crippen LogP contribution >= 0.6 is 11.8 Å². The van der Waals surface area contributed by atoms with Gasteiger partial charge in [-0.25, -0.2) is 0 Å². The smallest absolute Gasteiger partial charge is 0.248 e. The second-order valence-electron chi connectivity index (χ2n) is 11.0. The first-order valence-corrected chi connectivity index (χ1v) is 15.3. The number of fused-ring (bicyclic) bond motifs is 1. The van der Waals surface area contributed by atoms with Crippen LogP contribution in [0.2, 0.25) is 0 Å². The molecule has 3 aliphatic heterocycles. The zero-order chi connectivity index (χ0) is 29.1. The molecule has 3 fully saturated rings. The predicted molar refractivity (Wildman–Crippen MR) is 159 cm³/mol. The fourth-order valence-electron chi connectivity index (χ4n) is 6.84. The normalized spacial score (nSPS) is 28.0. The van der Waals surface area contributed by atoms with Crippen LogP contribution in [0.3, 0.4) is 0 Å². The van der Waals surface area contributed by atoms with Crippen molar-refractivity contribution >= 4 is 40.9 Å². The lowest BCUT2D eigenvalue weighted by Gasteiger charge is -2.38. The molecule has 6 atom stereocenters. The fourth-order valence-corrected chi connectivity index (χ4v) is 9.26. The van der Waals surface area contributed by atoms with Gasteiger partial charge in [0.1, 0.15) is 17.5 Å². The summed E-state index contributed by atoms with van der Waals surface area (Å²) >= 11 is 1.65. The van der Waals surface area contributed by atoms with Crippen LogP contribution in [0.15, 0.2) is 48.5 Å². The van der Waals surface area contributed by atoms with Gasteiger partial charge < -0.3 is 30.1 Å². The monoisotopic (exact) mass is 581 g/mol. The average Bonchev–Trinajstić information content (AvgIpc) is 3.56. The predicted octanol–water partition coefficient (Wildman–Crippen LogP) is 4.17. The summed E-state index contributed by atoms with van der Waals surface area (Å²) < 4.78 is 10.1. The molecule has 1 spiro atoms. The molecule has 3 unspecified atom stereocenters. The number of unbranched alkanes of at least 4 members (excludes halogenated alkanes) is 2. The highest BCUT2D eigenvalue weighted by atomic mass is 32.2. The number of nitrogens with zero attached hydrogens (tertiary/aromatic N) is 1. The first kappa shape index (κ1) is 29.3. The van der Waals surface area contributed by atoms with E-state index in [0.717, 1.165) is 18.6 Å². The van der Waals surface area contributed by atoms with Gasteiger partial charge in [0, 0.05) is 29.8 Å². The summed E-state index contributed by atoms with van der Waals surface area (Å²) in [6.07, 6.45) is 2.82. The number of carbonyl (C=O) groups is 3. The van der Waals surface area contributed by atoms with Gasteiger partial charge in [-0.3, -0.25) is 14.4 Å². The second kappa shape index (κ2) is 12.3. The summed E-state index contributed by atoms with van der Waals surface area (Å²) in [4.78, 5) is 43.7. The number of carbonyl (C=O) groups excluding carboxylic acids is 3. The lowest BCUT2D eigenvalue weighted by Crippen LogP contribution is -2.54. The molecule has 0 saturated carbocycles. The van der Waals surface area contributed by atoms with E-state index < -0.39 is 22.6 Å². The highest BCUT2D eigenvalue weighted by Gasteiger charge is 2.75. The first-order chi connectivity index (χ1) is 19.8. The molecule has 2 bridgehead atoms. The fraction of sp³-hybridized carbons (Fsp3) is 0.516. The largest absolute Gasteiger partial charge is 0.497 e. The third-order valence-electron chi connectivity index (χ3n) is 8.64. The number of thioether (sulfide) groups is 1. The van der Waals surface area contributed by atoms with Gasteiger partial charge >= 0.3 is 0 Å². The van der Waals surface area contributed by atoms with Crippen molar-refractivity contribution in [2.75, 3.05) is 37.5 Å². The van der Waals surface area contributed by atoms with Gasteiger partial charge in [-0.2, -0.15) is 0 Å². The SMILES string of the molecule is CCOc1ccc(NC(=O)[C@@H]2[C@H]3C(=O)N(CCCCCO)C(C(=O)Nc4ccc(OC)cc4)C34S[C@@H]2CC4C)cc1. The molecule has 2 aromatic rings. The first-order valence-electron chi connectivity index (χ1n) is 14.4. The van der Waals surface area contributed by atoms with E-state index in [2.05, 4.69) is 17.6 Å². The van der Waals surface area contributed by atoms with Crippen LogP contribution in [0.25, 0.3) is 0 Å². The van der Waals surface area contributed by atoms with E-state index in [1.54, 1.807) is 60.2 Å². The number of methoxy groups -OCH3 is 1. The summed E-state index contributed by atoms with van der Waals surface area (Å²) in [6, 6.07) is 13.6. The van der Waals surface area contributed by atoms with E-state index >= 15 is 0 Å². The third kappa shape index (κ3) is 5.39. The number of likely N-dealkylation sites (tertiary alicyclic amines) is 1. The van der Waals surface area contributed by atoms with Crippen LogP contribution in [-0.2, 0) is 14.4 Å². The lowest BCUT2D eigenvalue weighted by molar-refractivity contribution is -0.138.